The van der Waals surface area contributed by atoms with Gasteiger partial charge >= 0.3 is 0 Å². The number of carbonyl (C=O) groups is 3. The van der Waals surface area contributed by atoms with Gasteiger partial charge < -0.3 is 24.3 Å². The number of rotatable bonds is 4. The number of amides is 2. The molecule has 1 aromatic carbocycles. The predicted octanol–water partition coefficient (Wildman–Crippen LogP) is 2.56. The zero-order valence-corrected chi connectivity index (χ0v) is 25.4. The highest BCUT2D eigenvalue weighted by atomic mass is 35.5. The van der Waals surface area contributed by atoms with Crippen LogP contribution in [0.15, 0.2) is 36.9 Å². The van der Waals surface area contributed by atoms with E-state index in [1.165, 1.54) is 12.1 Å². The van der Waals surface area contributed by atoms with Gasteiger partial charge in [-0.15, -0.1) is 0 Å². The van der Waals surface area contributed by atoms with Crippen LogP contribution in [0.3, 0.4) is 0 Å². The van der Waals surface area contributed by atoms with Crippen LogP contribution in [-0.2, 0) is 9.59 Å². The van der Waals surface area contributed by atoms with Gasteiger partial charge in [0.1, 0.15) is 28.8 Å². The van der Waals surface area contributed by atoms with Crippen LogP contribution in [0.2, 0.25) is 5.02 Å². The maximum Gasteiger partial charge on any atom is 0.261 e. The van der Waals surface area contributed by atoms with E-state index >= 15 is 4.39 Å². The first-order chi connectivity index (χ1) is 20.5. The summed E-state index contributed by atoms with van der Waals surface area (Å²) >= 11 is 6.91. The number of benzene rings is 1. The van der Waals surface area contributed by atoms with Gasteiger partial charge in [0, 0.05) is 57.9 Å². The van der Waals surface area contributed by atoms with E-state index in [2.05, 4.69) is 23.4 Å². The maximum absolute atomic E-state index is 15.2. The van der Waals surface area contributed by atoms with Gasteiger partial charge in [-0.2, -0.15) is 0 Å². The molecule has 3 fully saturated rings. The monoisotopic (exact) mass is 610 g/mol. The first-order valence-corrected chi connectivity index (χ1v) is 15.0. The Kier molecular flexibility index (Phi) is 7.68. The fourth-order valence-corrected chi connectivity index (χ4v) is 6.89. The van der Waals surface area contributed by atoms with E-state index in [1.807, 2.05) is 18.7 Å². The first kappa shape index (κ1) is 29.5. The molecule has 0 saturated carbocycles. The number of anilines is 1. The molecule has 3 saturated heterocycles. The summed E-state index contributed by atoms with van der Waals surface area (Å²) in [5.74, 6) is -0.709. The van der Waals surface area contributed by atoms with Crippen molar-refractivity contribution in [1.29, 1.82) is 0 Å². The van der Waals surface area contributed by atoms with E-state index in [0.29, 0.717) is 13.1 Å². The average Bonchev–Trinajstić information content (AvgIpc) is 3.14. The van der Waals surface area contributed by atoms with Gasteiger partial charge in [-0.05, 0) is 39.1 Å². The van der Waals surface area contributed by atoms with Crippen molar-refractivity contribution >= 4 is 35.0 Å². The van der Waals surface area contributed by atoms with Crippen molar-refractivity contribution < 1.29 is 23.5 Å². The van der Waals surface area contributed by atoms with Crippen molar-refractivity contribution in [3.8, 4) is 17.0 Å². The second-order valence-corrected chi connectivity index (χ2v) is 12.5. The second kappa shape index (κ2) is 11.2. The third-order valence-corrected chi connectivity index (χ3v) is 9.59. The van der Waals surface area contributed by atoms with E-state index in [0.717, 1.165) is 26.2 Å². The fourth-order valence-electron chi connectivity index (χ4n) is 6.59. The molecule has 5 heterocycles. The number of pyridine rings is 1. The lowest BCUT2D eigenvalue weighted by Gasteiger charge is -2.40. The third-order valence-electron chi connectivity index (χ3n) is 9.24. The first-order valence-electron chi connectivity index (χ1n) is 14.6. The minimum Gasteiger partial charge on any atom is -0.489 e. The Morgan fingerprint density at radius 3 is 2.53 bits per heavy atom. The van der Waals surface area contributed by atoms with E-state index in [1.54, 1.807) is 28.0 Å². The fraction of sp³-hybridized carbons (Fsp3) is 0.484. The quantitative estimate of drug-likeness (QED) is 0.488. The Hall–Kier alpha value is -3.54. The van der Waals surface area contributed by atoms with Crippen molar-refractivity contribution in [2.45, 2.75) is 31.5 Å². The predicted molar refractivity (Wildman–Crippen MR) is 161 cm³/mol. The highest BCUT2D eigenvalue weighted by molar-refractivity contribution is 6.35. The number of aromatic nitrogens is 1. The topological polar surface area (TPSA) is 89.5 Å². The molecule has 6 rings (SSSR count). The van der Waals surface area contributed by atoms with Gasteiger partial charge in [-0.25, -0.2) is 9.37 Å². The normalized spacial score (nSPS) is 24.3. The Labute approximate surface area is 255 Å². The number of Topliss-reactive ketones (excluding diaryl/α,β-unsaturated/α-hetero) is 1. The van der Waals surface area contributed by atoms with E-state index in [4.69, 9.17) is 21.3 Å². The zero-order chi connectivity index (χ0) is 30.6. The van der Waals surface area contributed by atoms with Crippen LogP contribution < -0.4 is 9.64 Å². The molecule has 0 bridgehead atoms. The zero-order valence-electron chi connectivity index (χ0n) is 24.7. The van der Waals surface area contributed by atoms with Gasteiger partial charge in [0.05, 0.1) is 23.3 Å². The molecule has 1 aromatic heterocycles. The summed E-state index contributed by atoms with van der Waals surface area (Å²) in [5, 5.41) is 0.0232. The number of ether oxygens (including phenoxy) is 1. The van der Waals surface area contributed by atoms with Crippen molar-refractivity contribution in [2.24, 2.45) is 0 Å². The van der Waals surface area contributed by atoms with Crippen LogP contribution in [0.25, 0.3) is 11.3 Å². The van der Waals surface area contributed by atoms with Crippen LogP contribution in [0, 0.1) is 5.82 Å². The van der Waals surface area contributed by atoms with Gasteiger partial charge in [0.15, 0.2) is 11.5 Å². The van der Waals surface area contributed by atoms with Gasteiger partial charge in [-0.3, -0.25) is 19.3 Å². The minimum absolute atomic E-state index is 0.0232. The Bertz CT molecular complexity index is 1490. The minimum atomic E-state index is -1.02. The maximum atomic E-state index is 15.2. The number of ketones is 1. The second-order valence-electron chi connectivity index (χ2n) is 12.1. The van der Waals surface area contributed by atoms with Crippen molar-refractivity contribution in [3.05, 3.63) is 53.3 Å². The molecule has 2 atom stereocenters. The number of likely N-dealkylation sites (N-methyl/N-ethyl adjacent to an activating group) is 1. The summed E-state index contributed by atoms with van der Waals surface area (Å²) in [7, 11) is 2.06. The number of piperazine rings is 2. The molecule has 4 aliphatic heterocycles. The third kappa shape index (κ3) is 4.97. The summed E-state index contributed by atoms with van der Waals surface area (Å²) < 4.78 is 21.4. The number of hydrogen-bond acceptors (Lipinski definition) is 8. The van der Waals surface area contributed by atoms with Crippen LogP contribution in [0.1, 0.15) is 24.2 Å². The molecule has 0 aliphatic carbocycles. The number of fused-ring (bicyclic) bond motifs is 2. The summed E-state index contributed by atoms with van der Waals surface area (Å²) in [6.07, 6.45) is 1.26. The highest BCUT2D eigenvalue weighted by Crippen LogP contribution is 2.46. The summed E-state index contributed by atoms with van der Waals surface area (Å²) in [4.78, 5) is 55.2. The van der Waals surface area contributed by atoms with Crippen LogP contribution in [-0.4, -0.2) is 126 Å². The smallest absolute Gasteiger partial charge is 0.261 e. The molecule has 0 spiro atoms. The van der Waals surface area contributed by atoms with Crippen LogP contribution >= 0.6 is 11.6 Å². The van der Waals surface area contributed by atoms with E-state index in [9.17, 15) is 14.4 Å². The van der Waals surface area contributed by atoms with Crippen molar-refractivity contribution in [1.82, 2.24) is 24.6 Å². The molecular weight excluding hydrogens is 575 g/mol. The van der Waals surface area contributed by atoms with E-state index in [-0.39, 0.29) is 70.7 Å². The summed E-state index contributed by atoms with van der Waals surface area (Å²) in [6.45, 7) is 11.7. The molecule has 2 aromatic rings. The summed E-state index contributed by atoms with van der Waals surface area (Å²) in [6, 6.07) is 5.33. The SMILES string of the molecule is C=CC(=O)N1CCN2C(=O)c3c(N4CC(N5CCN(C)CC5)C(=O)C4(C)C)nc(-c4ccccc4F)c(Cl)c3OC[C@H]2C1. The lowest BCUT2D eigenvalue weighted by molar-refractivity contribution is -0.128. The number of halogens is 2. The molecule has 4 aliphatic rings. The molecule has 2 amide bonds. The lowest BCUT2D eigenvalue weighted by atomic mass is 9.96. The molecule has 10 nitrogen and oxygen atoms in total. The Balaban J connectivity index is 1.48. The van der Waals surface area contributed by atoms with Crippen LogP contribution in [0.4, 0.5) is 10.2 Å². The van der Waals surface area contributed by atoms with Gasteiger partial charge in [0.2, 0.25) is 5.91 Å². The van der Waals surface area contributed by atoms with Gasteiger partial charge in [-0.1, -0.05) is 30.3 Å². The lowest BCUT2D eigenvalue weighted by Crippen LogP contribution is -2.57. The number of carbonyl (C=O) groups excluding carboxylic acids is 3. The Morgan fingerprint density at radius 1 is 1.12 bits per heavy atom. The Morgan fingerprint density at radius 2 is 1.84 bits per heavy atom. The largest absolute Gasteiger partial charge is 0.489 e. The van der Waals surface area contributed by atoms with Crippen molar-refractivity contribution in [3.63, 3.8) is 0 Å². The highest BCUT2D eigenvalue weighted by Gasteiger charge is 2.52. The average molecular weight is 611 g/mol. The van der Waals surface area contributed by atoms with Crippen LogP contribution in [0.5, 0.6) is 5.75 Å². The van der Waals surface area contributed by atoms with Crippen molar-refractivity contribution in [2.75, 3.05) is 70.9 Å². The number of nitrogens with zero attached hydrogens (tertiary/aromatic N) is 6. The molecule has 0 N–H and O–H groups in total. The molecule has 1 unspecified atom stereocenters. The van der Waals surface area contributed by atoms with E-state index < -0.39 is 23.4 Å². The molecule has 12 heteroatoms. The standard InChI is InChI=1S/C31H36ClFN6O4/c1-5-23(40)37-14-15-38-19(16-37)18-43-27-24(30(38)42)29(34-26(25(27)32)20-8-6-7-9-21(20)33)39-17-22(28(41)31(39,2)3)36-12-10-35(4)11-13-36/h5-9,19,22H,1,10-18H2,2-4H3/t19-,22?/m1/s1. The summed E-state index contributed by atoms with van der Waals surface area (Å²) in [5.41, 5.74) is -0.570. The molecule has 0 radical (unpaired) electrons. The molecule has 43 heavy (non-hydrogen) atoms. The van der Waals surface area contributed by atoms with Gasteiger partial charge in [0.25, 0.3) is 5.91 Å². The molecule has 228 valence electrons. The molecular formula is C31H36ClFN6O4. The number of hydrogen-bond donors (Lipinski definition) is 0.